The van der Waals surface area contributed by atoms with E-state index in [1.165, 1.54) is 70.6 Å². The highest BCUT2D eigenvalue weighted by molar-refractivity contribution is 7.47. The second-order valence-corrected chi connectivity index (χ2v) is 19.1. The van der Waals surface area contributed by atoms with Crippen molar-refractivity contribution in [2.45, 2.75) is 211 Å². The van der Waals surface area contributed by atoms with Crippen LogP contribution in [-0.4, -0.2) is 103 Å². The minimum atomic E-state index is -5.37. The van der Waals surface area contributed by atoms with E-state index in [0.29, 0.717) is 19.3 Å². The molecule has 0 aromatic carbocycles. The molecule has 0 aromatic rings. The summed E-state index contributed by atoms with van der Waals surface area (Å²) in [6, 6.07) is 0. The fourth-order valence-corrected chi connectivity index (χ4v) is 8.43. The number of hydrogen-bond acceptors (Lipinski definition) is 13. The summed E-state index contributed by atoms with van der Waals surface area (Å²) in [5.74, 6) is -1.30. The third-order valence-electron chi connectivity index (χ3n) is 10.6. The maximum absolute atomic E-state index is 13.0. The molecular formula is C47H82O16P2. The van der Waals surface area contributed by atoms with Crippen LogP contribution < -0.4 is 0 Å². The topological polar surface area (TPSA) is 256 Å². The highest BCUT2D eigenvalue weighted by Crippen LogP contribution is 2.49. The van der Waals surface area contributed by atoms with Gasteiger partial charge in [0.1, 0.15) is 43.2 Å². The molecule has 1 saturated carbocycles. The van der Waals surface area contributed by atoms with Gasteiger partial charge < -0.3 is 44.6 Å². The van der Waals surface area contributed by atoms with Crippen LogP contribution >= 0.6 is 15.6 Å². The van der Waals surface area contributed by atoms with Crippen LogP contribution in [0.1, 0.15) is 168 Å². The third kappa shape index (κ3) is 32.2. The average Bonchev–Trinajstić information content (AvgIpc) is 3.26. The number of phosphoric acid groups is 2. The van der Waals surface area contributed by atoms with Crippen molar-refractivity contribution in [2.75, 3.05) is 13.2 Å². The van der Waals surface area contributed by atoms with Gasteiger partial charge in [-0.1, -0.05) is 164 Å². The van der Waals surface area contributed by atoms with E-state index in [-0.39, 0.29) is 12.8 Å². The summed E-state index contributed by atoms with van der Waals surface area (Å²) in [7, 11) is -10.7. The smallest absolute Gasteiger partial charge is 0.462 e. The van der Waals surface area contributed by atoms with E-state index in [2.05, 4.69) is 60.9 Å². The Labute approximate surface area is 388 Å². The minimum Gasteiger partial charge on any atom is -0.462 e. The Bertz CT molecular complexity index is 1490. The van der Waals surface area contributed by atoms with E-state index in [4.69, 9.17) is 28.3 Å². The van der Waals surface area contributed by atoms with Crippen LogP contribution in [0.5, 0.6) is 0 Å². The number of phosphoric ester groups is 2. The van der Waals surface area contributed by atoms with Gasteiger partial charge in [0.2, 0.25) is 0 Å². The molecule has 1 aliphatic rings. The number of hydrogen-bond donors (Lipinski definition) is 7. The highest BCUT2D eigenvalue weighted by atomic mass is 31.2. The van der Waals surface area contributed by atoms with Crippen LogP contribution in [0.15, 0.2) is 60.8 Å². The van der Waals surface area contributed by atoms with Crippen molar-refractivity contribution in [3.63, 3.8) is 0 Å². The molecule has 5 unspecified atom stereocenters. The van der Waals surface area contributed by atoms with E-state index < -0.39 is 83.5 Å². The average molecular weight is 965 g/mol. The Hall–Kier alpha value is -2.30. The number of aliphatic hydroxyl groups is 4. The van der Waals surface area contributed by atoms with Gasteiger partial charge in [-0.25, -0.2) is 9.13 Å². The van der Waals surface area contributed by atoms with E-state index in [0.717, 1.165) is 51.4 Å². The molecule has 65 heavy (non-hydrogen) atoms. The number of aliphatic hydroxyl groups excluding tert-OH is 4. The predicted octanol–water partition coefficient (Wildman–Crippen LogP) is 9.06. The van der Waals surface area contributed by atoms with Gasteiger partial charge in [0.25, 0.3) is 0 Å². The molecule has 1 fully saturated rings. The maximum atomic E-state index is 13.0. The summed E-state index contributed by atoms with van der Waals surface area (Å²) in [5.41, 5.74) is 0. The van der Waals surface area contributed by atoms with Crippen LogP contribution in [0.2, 0.25) is 0 Å². The number of allylic oxidation sites excluding steroid dienone is 10. The third-order valence-corrected chi connectivity index (χ3v) is 12.1. The number of esters is 2. The van der Waals surface area contributed by atoms with Crippen molar-refractivity contribution in [2.24, 2.45) is 0 Å². The molecule has 1 rings (SSSR count). The first-order valence-corrected chi connectivity index (χ1v) is 26.9. The first kappa shape index (κ1) is 60.7. The summed E-state index contributed by atoms with van der Waals surface area (Å²) in [5, 5.41) is 41.2. The number of carbonyl (C=O) groups excluding carboxylic acids is 2. The fourth-order valence-electron chi connectivity index (χ4n) is 6.89. The molecule has 0 amide bonds. The molecule has 16 nitrogen and oxygen atoms in total. The van der Waals surface area contributed by atoms with Gasteiger partial charge in [-0.2, -0.15) is 0 Å². The quantitative estimate of drug-likeness (QED) is 0.0131. The monoisotopic (exact) mass is 965 g/mol. The van der Waals surface area contributed by atoms with Crippen LogP contribution in [0.25, 0.3) is 0 Å². The van der Waals surface area contributed by atoms with Crippen molar-refractivity contribution >= 4 is 27.6 Å². The molecular weight excluding hydrogens is 882 g/mol. The molecule has 0 heterocycles. The van der Waals surface area contributed by atoms with E-state index in [1.54, 1.807) is 0 Å². The summed E-state index contributed by atoms with van der Waals surface area (Å²) in [6.07, 6.45) is 29.1. The molecule has 0 saturated heterocycles. The van der Waals surface area contributed by atoms with Gasteiger partial charge in [0, 0.05) is 12.8 Å². The highest BCUT2D eigenvalue weighted by Gasteiger charge is 2.54. The molecule has 0 aromatic heterocycles. The van der Waals surface area contributed by atoms with Crippen LogP contribution in [-0.2, 0) is 41.8 Å². The number of carbonyl (C=O) groups is 2. The molecule has 0 spiro atoms. The standard InChI is InChI=1S/C47H82O16P2/c1-3-5-7-9-11-13-15-17-18-19-20-21-22-24-25-27-29-31-33-35-40(48)59-37-39(61-41(49)36-34-32-30-28-26-23-16-14-12-10-8-6-4-2)38-60-65(57,58)63-47-44(52)42(50)43(51)46(45(47)53)62-64(54,55)56/h11,13,17-18,20-21,24-25,29,31,39,42-47,50-53H,3-10,12,14-16,19,22-23,26-28,30,32-38H2,1-2H3,(H,57,58)(H2,54,55,56)/t39-,42?,43?,44?,45?,46-,47+/m1/s1. The number of rotatable bonds is 39. The van der Waals surface area contributed by atoms with Gasteiger partial charge in [0.15, 0.2) is 6.10 Å². The van der Waals surface area contributed by atoms with Gasteiger partial charge >= 0.3 is 27.6 Å². The largest absolute Gasteiger partial charge is 0.472 e. The Kier molecular flexibility index (Phi) is 35.2. The van der Waals surface area contributed by atoms with Crippen LogP contribution in [0, 0.1) is 0 Å². The number of ether oxygens (including phenoxy) is 2. The predicted molar refractivity (Wildman–Crippen MR) is 250 cm³/mol. The number of unbranched alkanes of at least 4 members (excludes halogenated alkanes) is 15. The van der Waals surface area contributed by atoms with Crippen molar-refractivity contribution in [3.8, 4) is 0 Å². The van der Waals surface area contributed by atoms with Gasteiger partial charge in [-0.3, -0.25) is 23.2 Å². The minimum absolute atomic E-state index is 0.00329. The summed E-state index contributed by atoms with van der Waals surface area (Å²) in [6.45, 7) is 3.01. The molecule has 8 atom stereocenters. The van der Waals surface area contributed by atoms with E-state index >= 15 is 0 Å². The Morgan fingerprint density at radius 2 is 0.923 bits per heavy atom. The molecule has 376 valence electrons. The normalized spacial score (nSPS) is 22.2. The molecule has 7 N–H and O–H groups in total. The van der Waals surface area contributed by atoms with Crippen molar-refractivity contribution in [1.82, 2.24) is 0 Å². The zero-order valence-corrected chi connectivity index (χ0v) is 40.7. The molecule has 0 aliphatic heterocycles. The first-order chi connectivity index (χ1) is 31.1. The van der Waals surface area contributed by atoms with Gasteiger partial charge in [-0.05, 0) is 51.4 Å². The summed E-state index contributed by atoms with van der Waals surface area (Å²) in [4.78, 5) is 54.2. The van der Waals surface area contributed by atoms with Gasteiger partial charge in [-0.15, -0.1) is 0 Å². The Morgan fingerprint density at radius 1 is 0.492 bits per heavy atom. The lowest BCUT2D eigenvalue weighted by molar-refractivity contribution is -0.216. The van der Waals surface area contributed by atoms with Crippen molar-refractivity contribution < 1.29 is 76.9 Å². The zero-order chi connectivity index (χ0) is 48.2. The van der Waals surface area contributed by atoms with Gasteiger partial charge in [0.05, 0.1) is 6.61 Å². The lowest BCUT2D eigenvalue weighted by atomic mass is 9.85. The van der Waals surface area contributed by atoms with E-state index in [1.807, 2.05) is 18.2 Å². The summed E-state index contributed by atoms with van der Waals surface area (Å²) >= 11 is 0. The SMILES string of the molecule is CCCCCC=CCC=CCC=CCC=CCC=CCCC(=O)OC[C@H](COP(=O)(O)O[C@H]1C(O)C(O)C(O)[C@@H](OP(=O)(O)O)C1O)OC(=O)CCCCCCCCCCCCCCC. The molecule has 0 bridgehead atoms. The Balaban J connectivity index is 2.63. The summed E-state index contributed by atoms with van der Waals surface area (Å²) < 4.78 is 49.3. The lowest BCUT2D eigenvalue weighted by Gasteiger charge is -2.43. The molecule has 18 heteroatoms. The molecule has 1 aliphatic carbocycles. The second kappa shape index (κ2) is 37.7. The van der Waals surface area contributed by atoms with E-state index in [9.17, 15) is 44.0 Å². The van der Waals surface area contributed by atoms with Crippen LogP contribution in [0.3, 0.4) is 0 Å². The van der Waals surface area contributed by atoms with Crippen LogP contribution in [0.4, 0.5) is 0 Å². The second-order valence-electron chi connectivity index (χ2n) is 16.5. The zero-order valence-electron chi connectivity index (χ0n) is 38.9. The maximum Gasteiger partial charge on any atom is 0.472 e. The molecule has 0 radical (unpaired) electrons. The van der Waals surface area contributed by atoms with Crippen molar-refractivity contribution in [3.05, 3.63) is 60.8 Å². The lowest BCUT2D eigenvalue weighted by Crippen LogP contribution is -2.64. The van der Waals surface area contributed by atoms with Crippen molar-refractivity contribution in [1.29, 1.82) is 0 Å². The Morgan fingerprint density at radius 3 is 1.42 bits per heavy atom. The fraction of sp³-hybridized carbons (Fsp3) is 0.745. The first-order valence-electron chi connectivity index (χ1n) is 23.8.